The molecule has 1 aromatic heterocycles. The number of hydrogen-bond acceptors (Lipinski definition) is 7. The molecule has 2 aliphatic rings. The fourth-order valence-corrected chi connectivity index (χ4v) is 5.24. The number of nitriles is 1. The first-order valence-corrected chi connectivity index (χ1v) is 12.4. The number of fused-ring (bicyclic) bond motifs is 1. The third-order valence-corrected chi connectivity index (χ3v) is 7.03. The molecule has 2 aromatic carbocycles. The number of aromatic nitrogens is 1. The maximum atomic E-state index is 12.4. The van der Waals surface area contributed by atoms with E-state index in [1.54, 1.807) is 24.4 Å². The molecule has 1 fully saturated rings. The fraction of sp³-hybridized carbons (Fsp3) is 0.357. The SMILES string of the molecule is Cc1cc(CN2CCN(c3ccc(C#N)cn3)CC2)cc2c1C(O)N(Cc1ccc(OC(F)(F)F)cc1)C2. The van der Waals surface area contributed by atoms with Gasteiger partial charge in [0.2, 0.25) is 0 Å². The average molecular weight is 524 g/mol. The number of aliphatic hydroxyl groups excluding tert-OH is 1. The Kier molecular flexibility index (Phi) is 7.25. The van der Waals surface area contributed by atoms with Crippen LogP contribution in [-0.2, 0) is 19.6 Å². The van der Waals surface area contributed by atoms with Gasteiger partial charge in [-0.15, -0.1) is 13.2 Å². The Morgan fingerprint density at radius 3 is 2.39 bits per heavy atom. The molecule has 1 atom stereocenters. The van der Waals surface area contributed by atoms with Crippen molar-refractivity contribution in [3.8, 4) is 11.8 Å². The lowest BCUT2D eigenvalue weighted by Crippen LogP contribution is -2.46. The van der Waals surface area contributed by atoms with Gasteiger partial charge >= 0.3 is 6.36 Å². The van der Waals surface area contributed by atoms with Crippen molar-refractivity contribution in [1.82, 2.24) is 14.8 Å². The zero-order chi connectivity index (χ0) is 26.9. The van der Waals surface area contributed by atoms with Gasteiger partial charge in [0, 0.05) is 57.6 Å². The molecule has 38 heavy (non-hydrogen) atoms. The molecular formula is C28H28F3N5O2. The highest BCUT2D eigenvalue weighted by atomic mass is 19.4. The van der Waals surface area contributed by atoms with Crippen molar-refractivity contribution >= 4 is 5.82 Å². The van der Waals surface area contributed by atoms with E-state index >= 15 is 0 Å². The van der Waals surface area contributed by atoms with Gasteiger partial charge in [0.15, 0.2) is 0 Å². The van der Waals surface area contributed by atoms with Crippen LogP contribution in [0.2, 0.25) is 0 Å². The highest BCUT2D eigenvalue weighted by Gasteiger charge is 2.32. The van der Waals surface area contributed by atoms with Gasteiger partial charge in [0.05, 0.1) is 5.56 Å². The van der Waals surface area contributed by atoms with Gasteiger partial charge < -0.3 is 14.7 Å². The number of alkyl halides is 3. The van der Waals surface area contributed by atoms with Gasteiger partial charge in [-0.05, 0) is 53.4 Å². The molecule has 10 heteroatoms. The van der Waals surface area contributed by atoms with Crippen LogP contribution in [0.25, 0.3) is 0 Å². The number of hydrogen-bond donors (Lipinski definition) is 1. The molecule has 0 bridgehead atoms. The summed E-state index contributed by atoms with van der Waals surface area (Å²) in [6.45, 7) is 7.25. The molecule has 0 radical (unpaired) electrons. The van der Waals surface area contributed by atoms with Crippen molar-refractivity contribution < 1.29 is 23.0 Å². The maximum Gasteiger partial charge on any atom is 0.573 e. The number of halogens is 3. The largest absolute Gasteiger partial charge is 0.573 e. The minimum absolute atomic E-state index is 0.263. The molecule has 7 nitrogen and oxygen atoms in total. The second kappa shape index (κ2) is 10.6. The summed E-state index contributed by atoms with van der Waals surface area (Å²) in [6.07, 6.45) is -3.89. The number of nitrogens with zero attached hydrogens (tertiary/aromatic N) is 5. The van der Waals surface area contributed by atoms with Crippen molar-refractivity contribution in [2.75, 3.05) is 31.1 Å². The number of pyridine rings is 1. The lowest BCUT2D eigenvalue weighted by molar-refractivity contribution is -0.274. The van der Waals surface area contributed by atoms with Crippen molar-refractivity contribution in [2.45, 2.75) is 39.1 Å². The first-order chi connectivity index (χ1) is 18.2. The Labute approximate surface area is 219 Å². The number of anilines is 1. The predicted molar refractivity (Wildman–Crippen MR) is 135 cm³/mol. The molecule has 5 rings (SSSR count). The fourth-order valence-electron chi connectivity index (χ4n) is 5.24. The number of aryl methyl sites for hydroxylation is 1. The minimum atomic E-state index is -4.72. The minimum Gasteiger partial charge on any atom is -0.406 e. The summed E-state index contributed by atoms with van der Waals surface area (Å²) >= 11 is 0. The summed E-state index contributed by atoms with van der Waals surface area (Å²) in [6, 6.07) is 15.8. The number of rotatable bonds is 6. The van der Waals surface area contributed by atoms with Gasteiger partial charge in [-0.3, -0.25) is 9.80 Å². The van der Waals surface area contributed by atoms with Crippen LogP contribution < -0.4 is 9.64 Å². The summed E-state index contributed by atoms with van der Waals surface area (Å²) in [5.74, 6) is 0.620. The number of piperazine rings is 1. The molecule has 3 heterocycles. The van der Waals surface area contributed by atoms with E-state index in [1.165, 1.54) is 17.7 Å². The molecule has 0 aliphatic carbocycles. The molecule has 3 aromatic rings. The molecule has 2 aliphatic heterocycles. The molecular weight excluding hydrogens is 495 g/mol. The Bertz CT molecular complexity index is 1310. The Balaban J connectivity index is 1.19. The molecule has 1 unspecified atom stereocenters. The number of benzene rings is 2. The molecule has 1 N–H and O–H groups in total. The van der Waals surface area contributed by atoms with E-state index in [1.807, 2.05) is 17.9 Å². The van der Waals surface area contributed by atoms with Gasteiger partial charge in [0.1, 0.15) is 23.9 Å². The summed E-state index contributed by atoms with van der Waals surface area (Å²) in [7, 11) is 0. The van der Waals surface area contributed by atoms with Crippen molar-refractivity contribution in [3.05, 3.63) is 88.1 Å². The second-order valence-corrected chi connectivity index (χ2v) is 9.74. The zero-order valence-corrected chi connectivity index (χ0v) is 20.9. The van der Waals surface area contributed by atoms with Crippen LogP contribution in [0, 0.1) is 18.3 Å². The lowest BCUT2D eigenvalue weighted by atomic mass is 9.99. The standard InChI is InChI=1S/C28H28F3N5O2/c1-19-12-22(16-34-8-10-35(11-9-34)25-7-4-21(14-32)15-33-25)13-23-18-36(27(37)26(19)23)17-20-2-5-24(6-3-20)38-28(29,30)31/h2-7,12-13,15,27,37H,8-11,16-18H2,1H3. The number of ether oxygens (including phenoxy) is 1. The van der Waals surface area contributed by atoms with E-state index in [0.29, 0.717) is 18.7 Å². The van der Waals surface area contributed by atoms with Crippen LogP contribution in [0.1, 0.15) is 39.6 Å². The van der Waals surface area contributed by atoms with E-state index in [4.69, 9.17) is 5.26 Å². The van der Waals surface area contributed by atoms with Crippen LogP contribution in [0.15, 0.2) is 54.7 Å². The highest BCUT2D eigenvalue weighted by molar-refractivity contribution is 5.44. The van der Waals surface area contributed by atoms with Gasteiger partial charge in [-0.2, -0.15) is 5.26 Å². The summed E-state index contributed by atoms with van der Waals surface area (Å²) in [5, 5.41) is 20.0. The lowest BCUT2D eigenvalue weighted by Gasteiger charge is -2.35. The van der Waals surface area contributed by atoms with Gasteiger partial charge in [-0.25, -0.2) is 4.98 Å². The Morgan fingerprint density at radius 2 is 1.76 bits per heavy atom. The van der Waals surface area contributed by atoms with Crippen LogP contribution >= 0.6 is 0 Å². The highest BCUT2D eigenvalue weighted by Crippen LogP contribution is 2.36. The number of aliphatic hydroxyl groups is 1. The molecule has 1 saturated heterocycles. The second-order valence-electron chi connectivity index (χ2n) is 9.74. The van der Waals surface area contributed by atoms with E-state index in [-0.39, 0.29) is 5.75 Å². The Morgan fingerprint density at radius 1 is 1.03 bits per heavy atom. The van der Waals surface area contributed by atoms with E-state index < -0.39 is 12.6 Å². The van der Waals surface area contributed by atoms with Crippen LogP contribution in [-0.4, -0.2) is 52.4 Å². The van der Waals surface area contributed by atoms with Gasteiger partial charge in [0.25, 0.3) is 0 Å². The Hall–Kier alpha value is -3.65. The predicted octanol–water partition coefficient (Wildman–Crippen LogP) is 4.49. The summed E-state index contributed by atoms with van der Waals surface area (Å²) in [5.41, 5.74) is 5.54. The van der Waals surface area contributed by atoms with Crippen molar-refractivity contribution in [3.63, 3.8) is 0 Å². The van der Waals surface area contributed by atoms with E-state index in [0.717, 1.165) is 60.8 Å². The monoisotopic (exact) mass is 523 g/mol. The van der Waals surface area contributed by atoms with Crippen LogP contribution in [0.4, 0.5) is 19.0 Å². The molecule has 0 spiro atoms. The van der Waals surface area contributed by atoms with E-state index in [9.17, 15) is 18.3 Å². The van der Waals surface area contributed by atoms with Crippen LogP contribution in [0.5, 0.6) is 5.75 Å². The summed E-state index contributed by atoms with van der Waals surface area (Å²) < 4.78 is 41.2. The third kappa shape index (κ3) is 5.91. The summed E-state index contributed by atoms with van der Waals surface area (Å²) in [4.78, 5) is 10.9. The first-order valence-electron chi connectivity index (χ1n) is 12.4. The maximum absolute atomic E-state index is 12.4. The molecule has 0 saturated carbocycles. The van der Waals surface area contributed by atoms with E-state index in [2.05, 4.69) is 37.7 Å². The van der Waals surface area contributed by atoms with Crippen molar-refractivity contribution in [1.29, 1.82) is 5.26 Å². The smallest absolute Gasteiger partial charge is 0.406 e. The molecule has 0 amide bonds. The topological polar surface area (TPSA) is 75.9 Å². The quantitative estimate of drug-likeness (QED) is 0.510. The zero-order valence-electron chi connectivity index (χ0n) is 20.9. The van der Waals surface area contributed by atoms with Crippen molar-refractivity contribution in [2.24, 2.45) is 0 Å². The third-order valence-electron chi connectivity index (χ3n) is 7.03. The normalized spacial score (nSPS) is 18.3. The average Bonchev–Trinajstić information content (AvgIpc) is 3.20. The molecule has 198 valence electrons. The van der Waals surface area contributed by atoms with Crippen LogP contribution in [0.3, 0.4) is 0 Å². The van der Waals surface area contributed by atoms with Gasteiger partial charge in [-0.1, -0.05) is 24.3 Å². The first kappa shape index (κ1) is 26.0.